The van der Waals surface area contributed by atoms with Crippen LogP contribution in [0.2, 0.25) is 0 Å². The largest absolute Gasteiger partial charge is 0.495 e. The molecule has 0 bridgehead atoms. The minimum absolute atomic E-state index is 0.0950. The molecule has 0 saturated heterocycles. The fourth-order valence-corrected chi connectivity index (χ4v) is 4.62. The van der Waals surface area contributed by atoms with Crippen molar-refractivity contribution in [2.75, 3.05) is 7.11 Å². The van der Waals surface area contributed by atoms with E-state index in [4.69, 9.17) is 4.74 Å². The van der Waals surface area contributed by atoms with Crippen LogP contribution in [0.25, 0.3) is 16.9 Å². The maximum atomic E-state index is 13.8. The Morgan fingerprint density at radius 2 is 1.82 bits per heavy atom. The molecule has 0 N–H and O–H groups in total. The number of fused-ring (bicyclic) bond motifs is 1. The summed E-state index contributed by atoms with van der Waals surface area (Å²) in [5.41, 5.74) is 0.438. The Kier molecular flexibility index (Phi) is 5.32. The Morgan fingerprint density at radius 1 is 1.06 bits per heavy atom. The van der Waals surface area contributed by atoms with E-state index in [2.05, 4.69) is 4.98 Å². The lowest BCUT2D eigenvalue weighted by molar-refractivity contribution is 0.411. The van der Waals surface area contributed by atoms with Crippen LogP contribution in [0.3, 0.4) is 0 Å². The second-order valence-corrected chi connectivity index (χ2v) is 8.20. The van der Waals surface area contributed by atoms with Crippen molar-refractivity contribution in [3.8, 4) is 11.4 Å². The molecular weight excluding hydrogens is 430 g/mol. The normalized spacial score (nSPS) is 14.3. The lowest BCUT2D eigenvalue weighted by Gasteiger charge is -2.18. The predicted octanol–water partition coefficient (Wildman–Crippen LogP) is 3.80. The van der Waals surface area contributed by atoms with Crippen molar-refractivity contribution in [1.82, 2.24) is 18.7 Å². The zero-order valence-electron chi connectivity index (χ0n) is 18.0. The zero-order valence-corrected chi connectivity index (χ0v) is 18.0. The van der Waals surface area contributed by atoms with E-state index in [-0.39, 0.29) is 23.8 Å². The summed E-state index contributed by atoms with van der Waals surface area (Å²) in [5, 5.41) is 0. The van der Waals surface area contributed by atoms with Gasteiger partial charge in [-0.15, -0.1) is 0 Å². The molecule has 9 heteroatoms. The monoisotopic (exact) mass is 452 g/mol. The highest BCUT2D eigenvalue weighted by atomic mass is 19.2. The molecule has 7 nitrogen and oxygen atoms in total. The number of ether oxygens (including phenoxy) is 1. The summed E-state index contributed by atoms with van der Waals surface area (Å²) >= 11 is 0. The first kappa shape index (κ1) is 21.1. The van der Waals surface area contributed by atoms with E-state index in [0.717, 1.165) is 37.8 Å². The molecule has 5 rings (SSSR count). The summed E-state index contributed by atoms with van der Waals surface area (Å²) in [7, 11) is 1.51. The van der Waals surface area contributed by atoms with Crippen LogP contribution in [-0.2, 0) is 6.54 Å². The van der Waals surface area contributed by atoms with Gasteiger partial charge in [0, 0.05) is 12.6 Å². The summed E-state index contributed by atoms with van der Waals surface area (Å²) in [5.74, 6) is -1.44. The first-order chi connectivity index (χ1) is 16.0. The van der Waals surface area contributed by atoms with Crippen LogP contribution in [0.5, 0.6) is 5.75 Å². The average molecular weight is 452 g/mol. The molecule has 2 heterocycles. The van der Waals surface area contributed by atoms with Gasteiger partial charge in [0.15, 0.2) is 22.8 Å². The van der Waals surface area contributed by atoms with Gasteiger partial charge in [0.1, 0.15) is 5.75 Å². The van der Waals surface area contributed by atoms with Crippen LogP contribution in [0, 0.1) is 11.6 Å². The highest BCUT2D eigenvalue weighted by Gasteiger charge is 2.27. The van der Waals surface area contributed by atoms with Crippen molar-refractivity contribution in [3.05, 3.63) is 86.8 Å². The van der Waals surface area contributed by atoms with Gasteiger partial charge in [-0.05, 0) is 42.7 Å². The SMILES string of the molecule is COc1ccccc1-n1c(=O)n(C2CCCC2)c(=O)c2c1ncn2Cc1ccc(F)c(F)c1. The highest BCUT2D eigenvalue weighted by molar-refractivity contribution is 5.73. The number of aromatic nitrogens is 4. The number of methoxy groups -OCH3 is 1. The minimum atomic E-state index is -0.966. The van der Waals surface area contributed by atoms with E-state index in [9.17, 15) is 18.4 Å². The second kappa shape index (κ2) is 8.31. The van der Waals surface area contributed by atoms with Crippen molar-refractivity contribution in [2.24, 2.45) is 0 Å². The average Bonchev–Trinajstić information content (AvgIpc) is 3.48. The lowest BCUT2D eigenvalue weighted by atomic mass is 10.2. The number of para-hydroxylation sites is 2. The molecule has 1 aliphatic carbocycles. The Hall–Kier alpha value is -3.75. The Bertz CT molecular complexity index is 1470. The molecular formula is C24H22F2N4O3. The van der Waals surface area contributed by atoms with E-state index in [1.165, 1.54) is 28.6 Å². The molecule has 1 aliphatic rings. The standard InChI is InChI=1S/C24H22F2N4O3/c1-33-20-9-5-4-8-19(20)30-22-21(23(31)29(24(30)32)16-6-2-3-7-16)28(14-27-22)13-15-10-11-17(25)18(26)12-15/h4-5,8-12,14,16H,2-3,6-7,13H2,1H3. The van der Waals surface area contributed by atoms with Gasteiger partial charge in [-0.25, -0.2) is 23.1 Å². The maximum absolute atomic E-state index is 13.8. The smallest absolute Gasteiger partial charge is 0.337 e. The summed E-state index contributed by atoms with van der Waals surface area (Å²) in [4.78, 5) is 31.6. The van der Waals surface area contributed by atoms with Crippen LogP contribution in [-0.4, -0.2) is 25.8 Å². The summed E-state index contributed by atoms with van der Waals surface area (Å²) < 4.78 is 36.9. The van der Waals surface area contributed by atoms with Crippen molar-refractivity contribution in [3.63, 3.8) is 0 Å². The first-order valence-corrected chi connectivity index (χ1v) is 10.8. The van der Waals surface area contributed by atoms with Gasteiger partial charge in [-0.1, -0.05) is 31.0 Å². The van der Waals surface area contributed by atoms with E-state index in [1.807, 2.05) is 0 Å². The molecule has 2 aromatic carbocycles. The van der Waals surface area contributed by atoms with Gasteiger partial charge in [0.05, 0.1) is 19.1 Å². The lowest BCUT2D eigenvalue weighted by Crippen LogP contribution is -2.42. The van der Waals surface area contributed by atoms with E-state index in [1.54, 1.807) is 28.8 Å². The third-order valence-corrected chi connectivity index (χ3v) is 6.20. The molecule has 2 aromatic heterocycles. The van der Waals surface area contributed by atoms with Gasteiger partial charge in [0.2, 0.25) is 0 Å². The van der Waals surface area contributed by atoms with Gasteiger partial charge < -0.3 is 9.30 Å². The maximum Gasteiger partial charge on any atom is 0.337 e. The molecule has 33 heavy (non-hydrogen) atoms. The molecule has 0 radical (unpaired) electrons. The predicted molar refractivity (Wildman–Crippen MR) is 119 cm³/mol. The molecule has 0 unspecified atom stereocenters. The van der Waals surface area contributed by atoms with Crippen LogP contribution >= 0.6 is 0 Å². The minimum Gasteiger partial charge on any atom is -0.495 e. The number of rotatable bonds is 5. The Morgan fingerprint density at radius 3 is 2.55 bits per heavy atom. The number of hydrogen-bond acceptors (Lipinski definition) is 4. The van der Waals surface area contributed by atoms with Crippen molar-refractivity contribution in [1.29, 1.82) is 0 Å². The summed E-state index contributed by atoms with van der Waals surface area (Å²) in [6.45, 7) is 0.0950. The number of benzene rings is 2. The number of nitrogens with zero attached hydrogens (tertiary/aromatic N) is 4. The van der Waals surface area contributed by atoms with Crippen LogP contribution in [0.1, 0.15) is 37.3 Å². The third kappa shape index (κ3) is 3.53. The van der Waals surface area contributed by atoms with Crippen LogP contribution in [0.15, 0.2) is 58.4 Å². The quantitative estimate of drug-likeness (QED) is 0.462. The summed E-state index contributed by atoms with van der Waals surface area (Å²) in [6, 6.07) is 10.4. The van der Waals surface area contributed by atoms with E-state index < -0.39 is 22.9 Å². The molecule has 0 amide bonds. The van der Waals surface area contributed by atoms with Crippen molar-refractivity contribution in [2.45, 2.75) is 38.3 Å². The topological polar surface area (TPSA) is 71.1 Å². The van der Waals surface area contributed by atoms with Gasteiger partial charge in [-0.3, -0.25) is 9.36 Å². The number of halogens is 2. The molecule has 0 atom stereocenters. The van der Waals surface area contributed by atoms with Crippen LogP contribution in [0.4, 0.5) is 8.78 Å². The summed E-state index contributed by atoms with van der Waals surface area (Å²) in [6.07, 6.45) is 4.81. The first-order valence-electron chi connectivity index (χ1n) is 10.8. The molecule has 170 valence electrons. The fourth-order valence-electron chi connectivity index (χ4n) is 4.62. The zero-order chi connectivity index (χ0) is 23.1. The van der Waals surface area contributed by atoms with Gasteiger partial charge in [-0.2, -0.15) is 0 Å². The van der Waals surface area contributed by atoms with Crippen molar-refractivity contribution < 1.29 is 13.5 Å². The number of hydrogen-bond donors (Lipinski definition) is 0. The molecule has 0 spiro atoms. The fraction of sp³-hybridized carbons (Fsp3) is 0.292. The van der Waals surface area contributed by atoms with E-state index >= 15 is 0 Å². The molecule has 1 fully saturated rings. The van der Waals surface area contributed by atoms with Crippen molar-refractivity contribution >= 4 is 11.2 Å². The molecule has 1 saturated carbocycles. The Balaban J connectivity index is 1.79. The Labute approximate surface area is 187 Å². The highest BCUT2D eigenvalue weighted by Crippen LogP contribution is 2.29. The van der Waals surface area contributed by atoms with Crippen LogP contribution < -0.4 is 16.0 Å². The number of imidazole rings is 1. The van der Waals surface area contributed by atoms with Gasteiger partial charge in [0.25, 0.3) is 5.56 Å². The molecule has 4 aromatic rings. The molecule has 0 aliphatic heterocycles. The third-order valence-electron chi connectivity index (χ3n) is 6.20. The van der Waals surface area contributed by atoms with Gasteiger partial charge >= 0.3 is 5.69 Å². The second-order valence-electron chi connectivity index (χ2n) is 8.20. The van der Waals surface area contributed by atoms with E-state index in [0.29, 0.717) is 17.0 Å².